The van der Waals surface area contributed by atoms with E-state index in [2.05, 4.69) is 55.0 Å². The van der Waals surface area contributed by atoms with Crippen molar-refractivity contribution in [1.29, 1.82) is 0 Å². The summed E-state index contributed by atoms with van der Waals surface area (Å²) in [6, 6.07) is 0. The predicted molar refractivity (Wildman–Crippen MR) is 120 cm³/mol. The van der Waals surface area contributed by atoms with Crippen molar-refractivity contribution in [3.63, 3.8) is 0 Å². The molecule has 154 valence electrons. The maximum Gasteiger partial charge on any atom is 0.136 e. The van der Waals surface area contributed by atoms with Crippen LogP contribution in [0.2, 0.25) is 0 Å². The number of carbonyl (C=O) groups is 2. The lowest BCUT2D eigenvalue weighted by molar-refractivity contribution is -0.123. The summed E-state index contributed by atoms with van der Waals surface area (Å²) in [7, 11) is 0. The van der Waals surface area contributed by atoms with Crippen molar-refractivity contribution in [2.45, 2.75) is 84.5 Å². The van der Waals surface area contributed by atoms with Gasteiger partial charge in [-0.15, -0.1) is 0 Å². The van der Waals surface area contributed by atoms with Crippen LogP contribution in [0.5, 0.6) is 0 Å². The molecule has 2 heteroatoms. The second-order valence-corrected chi connectivity index (χ2v) is 7.87. The van der Waals surface area contributed by atoms with Gasteiger partial charge in [0, 0.05) is 43.6 Å². The smallest absolute Gasteiger partial charge is 0.136 e. The lowest BCUT2D eigenvalue weighted by Crippen LogP contribution is -2.09. The lowest BCUT2D eigenvalue weighted by Gasteiger charge is -2.08. The van der Waals surface area contributed by atoms with Crippen LogP contribution in [0.25, 0.3) is 0 Å². The third-order valence-corrected chi connectivity index (χ3v) is 5.25. The van der Waals surface area contributed by atoms with Gasteiger partial charge in [-0.25, -0.2) is 0 Å². The Morgan fingerprint density at radius 3 is 2.21 bits per heavy atom. The van der Waals surface area contributed by atoms with Gasteiger partial charge < -0.3 is 0 Å². The molecule has 0 spiro atoms. The molecular formula is C26H39O2+. The van der Waals surface area contributed by atoms with Gasteiger partial charge in [0.15, 0.2) is 0 Å². The van der Waals surface area contributed by atoms with E-state index in [9.17, 15) is 9.59 Å². The zero-order valence-corrected chi connectivity index (χ0v) is 17.9. The fourth-order valence-electron chi connectivity index (χ4n) is 3.16. The second kappa shape index (κ2) is 16.2. The van der Waals surface area contributed by atoms with Crippen LogP contribution in [0, 0.1) is 18.3 Å². The number of Topliss-reactive ketones (excluding diaryl/α,β-unsaturated/α-hetero) is 2. The predicted octanol–water partition coefficient (Wildman–Crippen LogP) is 7.13. The molecule has 0 N–H and O–H groups in total. The molecule has 0 amide bonds. The van der Waals surface area contributed by atoms with Crippen LogP contribution in [-0.2, 0) is 9.59 Å². The number of hydrogen-bond donors (Lipinski definition) is 0. The molecule has 0 saturated heterocycles. The number of hydrogen-bond acceptors (Lipinski definition) is 2. The Hall–Kier alpha value is -1.83. The topological polar surface area (TPSA) is 34.1 Å². The van der Waals surface area contributed by atoms with E-state index in [0.29, 0.717) is 11.6 Å². The van der Waals surface area contributed by atoms with E-state index < -0.39 is 0 Å². The highest BCUT2D eigenvalue weighted by atomic mass is 16.1. The van der Waals surface area contributed by atoms with Gasteiger partial charge >= 0.3 is 0 Å². The van der Waals surface area contributed by atoms with Crippen molar-refractivity contribution < 1.29 is 9.59 Å². The van der Waals surface area contributed by atoms with E-state index in [-0.39, 0.29) is 11.8 Å². The minimum atomic E-state index is 0.203. The molecule has 2 rings (SSSR count). The highest BCUT2D eigenvalue weighted by molar-refractivity contribution is 5.81. The van der Waals surface area contributed by atoms with Crippen molar-refractivity contribution in [3.05, 3.63) is 55.0 Å². The Morgan fingerprint density at radius 1 is 0.750 bits per heavy atom. The lowest BCUT2D eigenvalue weighted by atomic mass is 9.96. The minimum absolute atomic E-state index is 0.203. The Kier molecular flexibility index (Phi) is 14.0. The molecule has 0 bridgehead atoms. The van der Waals surface area contributed by atoms with Crippen LogP contribution in [0.15, 0.2) is 48.6 Å². The van der Waals surface area contributed by atoms with Gasteiger partial charge in [-0.3, -0.25) is 9.59 Å². The van der Waals surface area contributed by atoms with Crippen molar-refractivity contribution >= 4 is 11.6 Å². The summed E-state index contributed by atoms with van der Waals surface area (Å²) in [5.74, 6) is 1.28. The molecule has 0 saturated carbocycles. The summed E-state index contributed by atoms with van der Waals surface area (Å²) >= 11 is 0. The molecule has 2 aliphatic rings. The molecule has 28 heavy (non-hydrogen) atoms. The maximum atomic E-state index is 11.6. The first-order valence-electron chi connectivity index (χ1n) is 11.1. The van der Waals surface area contributed by atoms with Crippen LogP contribution < -0.4 is 0 Å². The van der Waals surface area contributed by atoms with Crippen LogP contribution in [-0.4, -0.2) is 11.6 Å². The summed E-state index contributed by atoms with van der Waals surface area (Å²) in [5, 5.41) is 0. The van der Waals surface area contributed by atoms with E-state index in [1.807, 2.05) is 13.8 Å². The normalized spacial score (nSPS) is 25.2. The molecular weight excluding hydrogens is 344 g/mol. The van der Waals surface area contributed by atoms with E-state index >= 15 is 0 Å². The quantitative estimate of drug-likeness (QED) is 0.329. The number of ketones is 2. The molecule has 2 atom stereocenters. The molecule has 0 radical (unpaired) electrons. The monoisotopic (exact) mass is 383 g/mol. The van der Waals surface area contributed by atoms with Gasteiger partial charge in [0.2, 0.25) is 0 Å². The van der Waals surface area contributed by atoms with Gasteiger partial charge in [0.1, 0.15) is 11.6 Å². The van der Waals surface area contributed by atoms with E-state index in [0.717, 1.165) is 70.6 Å². The fraction of sp³-hybridized carbons (Fsp3) is 0.577. The number of rotatable bonds is 0. The highest BCUT2D eigenvalue weighted by Crippen LogP contribution is 2.13. The Bertz CT molecular complexity index is 551. The van der Waals surface area contributed by atoms with E-state index in [1.165, 1.54) is 0 Å². The van der Waals surface area contributed by atoms with Gasteiger partial charge in [-0.2, -0.15) is 0 Å². The molecule has 0 heterocycles. The second-order valence-electron chi connectivity index (χ2n) is 7.87. The summed E-state index contributed by atoms with van der Waals surface area (Å²) in [6.07, 6.45) is 30.0. The molecule has 2 unspecified atom stereocenters. The minimum Gasteiger partial charge on any atom is -0.299 e. The van der Waals surface area contributed by atoms with E-state index in [1.54, 1.807) is 0 Å². The third-order valence-electron chi connectivity index (χ3n) is 5.25. The zero-order valence-electron chi connectivity index (χ0n) is 17.9. The third kappa shape index (κ3) is 12.5. The Balaban J connectivity index is 0.000000280. The molecule has 0 aliphatic heterocycles. The van der Waals surface area contributed by atoms with Crippen LogP contribution in [0.4, 0.5) is 0 Å². The van der Waals surface area contributed by atoms with Crippen molar-refractivity contribution in [1.82, 2.24) is 0 Å². The maximum absolute atomic E-state index is 11.6. The SMILES string of the molecule is CC1CC=CCC=C[CH+]CCCC1=O.CC1CCC=CCCC=CCCC1=O. The standard InChI is InChI=1S/C13H20O.C13H19O/c2*1-12-10-8-6-4-2-3-5-7-9-11-13(12)14/h4-7,12H,2-3,8-11H2,1H3;2-3,5-6,8,12H,4,7,9-11H2,1H3/q;+1. The molecule has 2 nitrogen and oxygen atoms in total. The van der Waals surface area contributed by atoms with Gasteiger partial charge in [-0.05, 0) is 44.9 Å². The first-order chi connectivity index (χ1) is 13.6. The number of carbonyl (C=O) groups excluding carboxylic acids is 2. The molecule has 2 aliphatic carbocycles. The first kappa shape index (κ1) is 24.2. The van der Waals surface area contributed by atoms with Crippen molar-refractivity contribution in [2.75, 3.05) is 0 Å². The molecule has 0 aromatic carbocycles. The van der Waals surface area contributed by atoms with Crippen LogP contribution in [0.1, 0.15) is 84.5 Å². The zero-order chi connectivity index (χ0) is 20.5. The summed E-state index contributed by atoms with van der Waals surface area (Å²) in [5.41, 5.74) is 0. The first-order valence-corrected chi connectivity index (χ1v) is 11.1. The largest absolute Gasteiger partial charge is 0.299 e. The van der Waals surface area contributed by atoms with Crippen molar-refractivity contribution in [3.8, 4) is 0 Å². The van der Waals surface area contributed by atoms with Crippen LogP contribution in [0.3, 0.4) is 0 Å². The fourth-order valence-corrected chi connectivity index (χ4v) is 3.16. The van der Waals surface area contributed by atoms with Gasteiger partial charge in [0.05, 0.1) is 12.5 Å². The number of allylic oxidation sites excluding steroid dienone is 8. The summed E-state index contributed by atoms with van der Waals surface area (Å²) in [6.45, 7) is 4.07. The Morgan fingerprint density at radius 2 is 1.43 bits per heavy atom. The Labute approximate surface area is 172 Å². The van der Waals surface area contributed by atoms with Crippen molar-refractivity contribution in [2.24, 2.45) is 11.8 Å². The molecule has 0 aromatic rings. The molecule has 0 aromatic heterocycles. The summed E-state index contributed by atoms with van der Waals surface area (Å²) < 4.78 is 0. The van der Waals surface area contributed by atoms with E-state index in [4.69, 9.17) is 0 Å². The van der Waals surface area contributed by atoms with Gasteiger partial charge in [-0.1, -0.05) is 50.3 Å². The van der Waals surface area contributed by atoms with Crippen LogP contribution >= 0.6 is 0 Å². The summed E-state index contributed by atoms with van der Waals surface area (Å²) in [4.78, 5) is 23.1. The highest BCUT2D eigenvalue weighted by Gasteiger charge is 2.11. The van der Waals surface area contributed by atoms with Gasteiger partial charge in [0.25, 0.3) is 0 Å². The average Bonchev–Trinajstić information content (AvgIpc) is 2.68. The average molecular weight is 384 g/mol. The molecule has 0 fully saturated rings.